The van der Waals surface area contributed by atoms with Crippen LogP contribution in [0.5, 0.6) is 0 Å². The van der Waals surface area contributed by atoms with E-state index in [1.165, 1.54) is 6.92 Å². The van der Waals surface area contributed by atoms with E-state index in [0.717, 1.165) is 16.7 Å². The summed E-state index contributed by atoms with van der Waals surface area (Å²) in [6.07, 6.45) is -3.73. The van der Waals surface area contributed by atoms with Crippen molar-refractivity contribution in [2.24, 2.45) is 0 Å². The Morgan fingerprint density at radius 1 is 0.721 bits per heavy atom. The number of carbonyl (C=O) groups excluding carboxylic acids is 1. The van der Waals surface area contributed by atoms with E-state index in [2.05, 4.69) is 5.32 Å². The van der Waals surface area contributed by atoms with Crippen LogP contribution in [0.3, 0.4) is 0 Å². The van der Waals surface area contributed by atoms with E-state index >= 15 is 0 Å². The van der Waals surface area contributed by atoms with Gasteiger partial charge in [0.1, 0.15) is 30.5 Å². The number of aliphatic hydroxyl groups excluding tert-OH is 1. The zero-order valence-corrected chi connectivity index (χ0v) is 24.3. The van der Waals surface area contributed by atoms with Crippen LogP contribution in [0.25, 0.3) is 0 Å². The molecule has 6 atom stereocenters. The third kappa shape index (κ3) is 8.60. The Hall–Kier alpha value is -3.85. The number of hydrogen-bond donors (Lipinski definition) is 2. The number of rotatable bonds is 13. The fourth-order valence-corrected chi connectivity index (χ4v) is 5.41. The van der Waals surface area contributed by atoms with Gasteiger partial charge < -0.3 is 29.4 Å². The SMILES string of the molecule is CC(=O)N[C@@H]1[C@@H](OCc2ccccc2)[C@@H](OCc2ccccc2)[C@@H](COCc2ccccc2)O[C@@H]1C(O)c1ccccc1. The van der Waals surface area contributed by atoms with E-state index in [-0.39, 0.29) is 12.5 Å². The van der Waals surface area contributed by atoms with E-state index in [0.29, 0.717) is 25.4 Å². The van der Waals surface area contributed by atoms with Crippen LogP contribution in [0.4, 0.5) is 0 Å². The number of carbonyl (C=O) groups is 1. The molecule has 7 nitrogen and oxygen atoms in total. The molecule has 4 aromatic carbocycles. The van der Waals surface area contributed by atoms with Crippen molar-refractivity contribution in [1.29, 1.82) is 0 Å². The number of aliphatic hydroxyl groups is 1. The molecular formula is C36H39NO6. The van der Waals surface area contributed by atoms with Crippen LogP contribution in [0.15, 0.2) is 121 Å². The van der Waals surface area contributed by atoms with Crippen molar-refractivity contribution in [2.45, 2.75) is 63.3 Å². The van der Waals surface area contributed by atoms with Gasteiger partial charge in [-0.3, -0.25) is 4.79 Å². The summed E-state index contributed by atoms with van der Waals surface area (Å²) in [5, 5.41) is 14.7. The molecule has 1 aliphatic rings. The molecule has 0 bridgehead atoms. The van der Waals surface area contributed by atoms with Gasteiger partial charge in [0.15, 0.2) is 0 Å². The number of nitrogens with one attached hydrogen (secondary N) is 1. The van der Waals surface area contributed by atoms with Crippen molar-refractivity contribution in [3.05, 3.63) is 144 Å². The standard InChI is InChI=1S/C36H39NO6/c1-26(38)37-32-35(33(39)30-20-12-5-13-21-30)43-31(25-40-22-27-14-6-2-7-15-27)34(41-23-28-16-8-3-9-17-28)36(32)42-24-29-18-10-4-11-19-29/h2-21,31-36,39H,22-25H2,1H3,(H,37,38)/t31-,32+,33?,34+,35+,36-/m1/s1. The van der Waals surface area contributed by atoms with Crippen LogP contribution in [-0.4, -0.2) is 48.1 Å². The Bertz CT molecular complexity index is 1370. The number of ether oxygens (including phenoxy) is 4. The van der Waals surface area contributed by atoms with Gasteiger partial charge in [-0.1, -0.05) is 121 Å². The molecule has 1 heterocycles. The molecule has 1 unspecified atom stereocenters. The predicted octanol–water partition coefficient (Wildman–Crippen LogP) is 5.38. The van der Waals surface area contributed by atoms with E-state index in [4.69, 9.17) is 18.9 Å². The quantitative estimate of drug-likeness (QED) is 0.221. The van der Waals surface area contributed by atoms with Gasteiger partial charge in [-0.05, 0) is 22.3 Å². The normalized spacial score (nSPS) is 22.5. The van der Waals surface area contributed by atoms with Crippen molar-refractivity contribution < 1.29 is 28.8 Å². The van der Waals surface area contributed by atoms with Gasteiger partial charge in [0.2, 0.25) is 5.91 Å². The van der Waals surface area contributed by atoms with Crippen molar-refractivity contribution in [2.75, 3.05) is 6.61 Å². The van der Waals surface area contributed by atoms with Crippen molar-refractivity contribution in [3.8, 4) is 0 Å². The molecule has 0 saturated carbocycles. The minimum atomic E-state index is -1.03. The van der Waals surface area contributed by atoms with E-state index < -0.39 is 36.6 Å². The highest BCUT2D eigenvalue weighted by Crippen LogP contribution is 2.34. The monoisotopic (exact) mass is 581 g/mol. The van der Waals surface area contributed by atoms with Gasteiger partial charge in [-0.25, -0.2) is 0 Å². The summed E-state index contributed by atoms with van der Waals surface area (Å²) in [5.74, 6) is -0.257. The third-order valence-electron chi connectivity index (χ3n) is 7.52. The van der Waals surface area contributed by atoms with Gasteiger partial charge >= 0.3 is 0 Å². The Morgan fingerprint density at radius 3 is 1.70 bits per heavy atom. The maximum Gasteiger partial charge on any atom is 0.217 e. The average Bonchev–Trinajstić information content (AvgIpc) is 3.05. The lowest BCUT2D eigenvalue weighted by atomic mass is 9.87. The van der Waals surface area contributed by atoms with Gasteiger partial charge in [-0.15, -0.1) is 0 Å². The Morgan fingerprint density at radius 2 is 1.19 bits per heavy atom. The Labute approximate surface area is 253 Å². The molecule has 224 valence electrons. The molecule has 1 aliphatic heterocycles. The maximum absolute atomic E-state index is 12.6. The van der Waals surface area contributed by atoms with E-state index in [1.807, 2.05) is 121 Å². The first kappa shape index (κ1) is 30.6. The molecule has 0 radical (unpaired) electrons. The lowest BCUT2D eigenvalue weighted by Gasteiger charge is -2.48. The van der Waals surface area contributed by atoms with Gasteiger partial charge in [0, 0.05) is 6.92 Å². The zero-order valence-electron chi connectivity index (χ0n) is 24.3. The van der Waals surface area contributed by atoms with Gasteiger partial charge in [-0.2, -0.15) is 0 Å². The minimum Gasteiger partial charge on any atom is -0.386 e. The molecule has 0 spiro atoms. The van der Waals surface area contributed by atoms with E-state index in [1.54, 1.807) is 0 Å². The van der Waals surface area contributed by atoms with Crippen LogP contribution in [-0.2, 0) is 43.6 Å². The fraction of sp³-hybridized carbons (Fsp3) is 0.306. The van der Waals surface area contributed by atoms with Gasteiger partial charge in [0.25, 0.3) is 0 Å². The van der Waals surface area contributed by atoms with Crippen molar-refractivity contribution >= 4 is 5.91 Å². The lowest BCUT2D eigenvalue weighted by molar-refractivity contribution is -0.248. The smallest absolute Gasteiger partial charge is 0.217 e. The number of benzene rings is 4. The first-order valence-electron chi connectivity index (χ1n) is 14.7. The predicted molar refractivity (Wildman–Crippen MR) is 164 cm³/mol. The molecule has 0 aliphatic carbocycles. The van der Waals surface area contributed by atoms with Crippen LogP contribution < -0.4 is 5.32 Å². The largest absolute Gasteiger partial charge is 0.386 e. The molecular weight excluding hydrogens is 542 g/mol. The second-order valence-corrected chi connectivity index (χ2v) is 10.7. The molecule has 0 aromatic heterocycles. The fourth-order valence-electron chi connectivity index (χ4n) is 5.41. The molecule has 2 N–H and O–H groups in total. The lowest BCUT2D eigenvalue weighted by Crippen LogP contribution is -2.66. The summed E-state index contributed by atoms with van der Waals surface area (Å²) >= 11 is 0. The molecule has 1 amide bonds. The molecule has 5 rings (SSSR count). The summed E-state index contributed by atoms with van der Waals surface area (Å²) in [4.78, 5) is 12.6. The number of amides is 1. The summed E-state index contributed by atoms with van der Waals surface area (Å²) in [6.45, 7) is 2.65. The Balaban J connectivity index is 1.47. The first-order chi connectivity index (χ1) is 21.1. The van der Waals surface area contributed by atoms with Crippen molar-refractivity contribution in [1.82, 2.24) is 5.32 Å². The van der Waals surface area contributed by atoms with Crippen LogP contribution >= 0.6 is 0 Å². The first-order valence-corrected chi connectivity index (χ1v) is 14.7. The summed E-state index contributed by atoms with van der Waals surface area (Å²) in [5.41, 5.74) is 3.69. The number of hydrogen-bond acceptors (Lipinski definition) is 6. The van der Waals surface area contributed by atoms with Gasteiger partial charge in [0.05, 0.1) is 32.5 Å². The minimum absolute atomic E-state index is 0.199. The average molecular weight is 582 g/mol. The van der Waals surface area contributed by atoms with E-state index in [9.17, 15) is 9.90 Å². The molecule has 1 saturated heterocycles. The van der Waals surface area contributed by atoms with Crippen LogP contribution in [0, 0.1) is 0 Å². The van der Waals surface area contributed by atoms with Crippen LogP contribution in [0.1, 0.15) is 35.3 Å². The summed E-state index contributed by atoms with van der Waals surface area (Å²) in [7, 11) is 0. The van der Waals surface area contributed by atoms with Crippen molar-refractivity contribution in [3.63, 3.8) is 0 Å². The summed E-state index contributed by atoms with van der Waals surface area (Å²) in [6, 6.07) is 38.3. The third-order valence-corrected chi connectivity index (χ3v) is 7.52. The molecule has 1 fully saturated rings. The van der Waals surface area contributed by atoms with Crippen LogP contribution in [0.2, 0.25) is 0 Å². The second kappa shape index (κ2) is 15.6. The highest BCUT2D eigenvalue weighted by Gasteiger charge is 2.50. The highest BCUT2D eigenvalue weighted by atomic mass is 16.6. The summed E-state index contributed by atoms with van der Waals surface area (Å²) < 4.78 is 26.0. The Kier molecular flexibility index (Phi) is 11.1. The molecule has 4 aromatic rings. The second-order valence-electron chi connectivity index (χ2n) is 10.7. The maximum atomic E-state index is 12.6. The highest BCUT2D eigenvalue weighted by molar-refractivity contribution is 5.73. The zero-order chi connectivity index (χ0) is 29.9. The molecule has 43 heavy (non-hydrogen) atoms. The topological polar surface area (TPSA) is 86.3 Å². The molecule has 7 heteroatoms.